The maximum atomic E-state index is 10.2. The second-order valence-electron chi connectivity index (χ2n) is 3.23. The summed E-state index contributed by atoms with van der Waals surface area (Å²) in [7, 11) is -4.25. The van der Waals surface area contributed by atoms with Crippen LogP contribution in [0.5, 0.6) is 0 Å². The summed E-state index contributed by atoms with van der Waals surface area (Å²) in [5.41, 5.74) is 0.692. The van der Waals surface area contributed by atoms with Crippen LogP contribution in [0.1, 0.15) is 5.56 Å². The van der Waals surface area contributed by atoms with Crippen LogP contribution < -0.4 is 29.6 Å². The number of aliphatic hydroxyl groups is 3. The fraction of sp³-hybridized carbons (Fsp3) is 0.273. The Kier molecular flexibility index (Phi) is 12.8. The van der Waals surface area contributed by atoms with Crippen molar-refractivity contribution in [2.75, 3.05) is 13.2 Å². The Morgan fingerprint density at radius 1 is 1.16 bits per heavy atom. The van der Waals surface area contributed by atoms with Gasteiger partial charge in [-0.3, -0.25) is 0 Å². The van der Waals surface area contributed by atoms with E-state index in [4.69, 9.17) is 15.3 Å². The summed E-state index contributed by atoms with van der Waals surface area (Å²) in [4.78, 5) is 0. The Morgan fingerprint density at radius 3 is 1.95 bits per heavy atom. The zero-order chi connectivity index (χ0) is 14.0. The van der Waals surface area contributed by atoms with Crippen LogP contribution in [0.15, 0.2) is 35.7 Å². The minimum atomic E-state index is -4.25. The van der Waals surface area contributed by atoms with Crippen LogP contribution in [0.3, 0.4) is 0 Å². The van der Waals surface area contributed by atoms with Crippen LogP contribution in [0.4, 0.5) is 0 Å². The molecule has 6 nitrogen and oxygen atoms in total. The molecule has 0 atom stereocenters. The van der Waals surface area contributed by atoms with Gasteiger partial charge in [0.2, 0.25) is 0 Å². The summed E-state index contributed by atoms with van der Waals surface area (Å²) in [6, 6.07) is 8.75. The van der Waals surface area contributed by atoms with Gasteiger partial charge in [-0.2, -0.15) is 0 Å². The summed E-state index contributed by atoms with van der Waals surface area (Å²) in [5, 5.41) is 24.7. The smallest absolute Gasteiger partial charge is 0.744 e. The number of hydrogen-bond donors (Lipinski definition) is 3. The first-order chi connectivity index (χ1) is 8.39. The number of rotatable bonds is 4. The largest absolute Gasteiger partial charge is 1.00 e. The van der Waals surface area contributed by atoms with Crippen molar-refractivity contribution in [2.24, 2.45) is 0 Å². The van der Waals surface area contributed by atoms with E-state index in [1.807, 2.05) is 6.07 Å². The zero-order valence-electron chi connectivity index (χ0n) is 10.5. The molecule has 3 N–H and O–H groups in total. The second-order valence-corrected chi connectivity index (χ2v) is 4.48. The van der Waals surface area contributed by atoms with Gasteiger partial charge in [0.25, 0.3) is 0 Å². The Labute approximate surface area is 134 Å². The van der Waals surface area contributed by atoms with Gasteiger partial charge in [-0.25, -0.2) is 8.42 Å². The van der Waals surface area contributed by atoms with Gasteiger partial charge in [-0.1, -0.05) is 30.3 Å². The molecular weight excluding hydrogens is 283 g/mol. The molecule has 0 amide bonds. The van der Waals surface area contributed by atoms with Crippen molar-refractivity contribution in [1.82, 2.24) is 0 Å². The van der Waals surface area contributed by atoms with Gasteiger partial charge < -0.3 is 19.9 Å². The predicted molar refractivity (Wildman–Crippen MR) is 65.4 cm³/mol. The van der Waals surface area contributed by atoms with Crippen molar-refractivity contribution in [2.45, 2.75) is 6.10 Å². The van der Waals surface area contributed by atoms with Crippen LogP contribution in [0.2, 0.25) is 0 Å². The summed E-state index contributed by atoms with van der Waals surface area (Å²) >= 11 is 0. The monoisotopic (exact) mass is 298 g/mol. The van der Waals surface area contributed by atoms with Crippen molar-refractivity contribution in [3.63, 3.8) is 0 Å². The third-order valence-corrected chi connectivity index (χ3v) is 2.12. The van der Waals surface area contributed by atoms with Crippen molar-refractivity contribution in [1.29, 1.82) is 0 Å². The molecule has 0 spiro atoms. The molecule has 1 rings (SSSR count). The molecule has 19 heavy (non-hydrogen) atoms. The van der Waals surface area contributed by atoms with Gasteiger partial charge in [0.15, 0.2) is 0 Å². The molecule has 0 heterocycles. The Morgan fingerprint density at radius 2 is 1.63 bits per heavy atom. The van der Waals surface area contributed by atoms with E-state index in [1.165, 1.54) is 6.08 Å². The molecule has 0 radical (unpaired) electrons. The molecule has 1 aromatic rings. The van der Waals surface area contributed by atoms with E-state index in [1.54, 1.807) is 24.3 Å². The number of hydrogen-bond acceptors (Lipinski definition) is 6. The van der Waals surface area contributed by atoms with Gasteiger partial charge in [-0.15, -0.1) is 0 Å². The van der Waals surface area contributed by atoms with Crippen molar-refractivity contribution in [3.05, 3.63) is 41.3 Å². The molecule has 0 aliphatic rings. The second kappa shape index (κ2) is 11.6. The Hall–Kier alpha value is -0.250. The summed E-state index contributed by atoms with van der Waals surface area (Å²) in [6.45, 7) is -0.729. The van der Waals surface area contributed by atoms with Gasteiger partial charge in [0, 0.05) is 5.41 Å². The topological polar surface area (TPSA) is 118 Å². The molecule has 0 saturated heterocycles. The van der Waals surface area contributed by atoms with Crippen LogP contribution >= 0.6 is 0 Å². The quantitative estimate of drug-likeness (QED) is 0.393. The van der Waals surface area contributed by atoms with Gasteiger partial charge in [-0.05, 0) is 11.6 Å². The van der Waals surface area contributed by atoms with Crippen LogP contribution in [-0.4, -0.2) is 47.6 Å². The van der Waals surface area contributed by atoms with E-state index in [0.29, 0.717) is 11.0 Å². The van der Waals surface area contributed by atoms with Crippen molar-refractivity contribution >= 4 is 16.2 Å². The van der Waals surface area contributed by atoms with Gasteiger partial charge in [0.1, 0.15) is 16.2 Å². The molecule has 0 bridgehead atoms. The van der Waals surface area contributed by atoms with Gasteiger partial charge >= 0.3 is 29.6 Å². The average Bonchev–Trinajstić information content (AvgIpc) is 2.36. The molecule has 0 aliphatic carbocycles. The average molecular weight is 298 g/mol. The third kappa shape index (κ3) is 14.0. The number of benzene rings is 1. The fourth-order valence-corrected chi connectivity index (χ4v) is 1.11. The Balaban J connectivity index is 0. The van der Waals surface area contributed by atoms with Crippen LogP contribution in [0, 0.1) is 0 Å². The fourth-order valence-electron chi connectivity index (χ4n) is 0.784. The van der Waals surface area contributed by atoms with E-state index in [0.717, 1.165) is 0 Å². The van der Waals surface area contributed by atoms with E-state index in [9.17, 15) is 13.0 Å². The van der Waals surface area contributed by atoms with E-state index < -0.39 is 16.2 Å². The first kappa shape index (κ1) is 21.1. The summed E-state index contributed by atoms with van der Waals surface area (Å²) in [6.07, 6.45) is 0.312. The first-order valence-electron chi connectivity index (χ1n) is 4.98. The van der Waals surface area contributed by atoms with E-state index in [-0.39, 0.29) is 42.8 Å². The molecule has 0 unspecified atom stereocenters. The predicted octanol–water partition coefficient (Wildman–Crippen LogP) is -3.46. The first-order valence-corrected chi connectivity index (χ1v) is 6.45. The minimum Gasteiger partial charge on any atom is -0.744 e. The van der Waals surface area contributed by atoms with E-state index >= 15 is 0 Å². The Bertz CT molecular complexity index is 442. The SMILES string of the molecule is O=S(=O)([O-])C=Cc1ccccc1.OCC(O)CO.[Na+]. The molecule has 0 fully saturated rings. The molecule has 0 saturated carbocycles. The van der Waals surface area contributed by atoms with Crippen LogP contribution in [0.25, 0.3) is 6.08 Å². The molecule has 0 aromatic heterocycles. The third-order valence-electron chi connectivity index (χ3n) is 1.65. The molecule has 1 aromatic carbocycles. The van der Waals surface area contributed by atoms with Gasteiger partial charge in [0.05, 0.1) is 13.2 Å². The summed E-state index contributed by atoms with van der Waals surface area (Å²) in [5.74, 6) is 0. The zero-order valence-corrected chi connectivity index (χ0v) is 13.3. The maximum Gasteiger partial charge on any atom is 1.00 e. The molecule has 0 aliphatic heterocycles. The van der Waals surface area contributed by atoms with E-state index in [2.05, 4.69) is 0 Å². The van der Waals surface area contributed by atoms with Crippen molar-refractivity contribution in [3.8, 4) is 0 Å². The maximum absolute atomic E-state index is 10.2. The van der Waals surface area contributed by atoms with Crippen molar-refractivity contribution < 1.29 is 57.8 Å². The minimum absolute atomic E-state index is 0. The number of aliphatic hydroxyl groups excluding tert-OH is 3. The molecular formula is C11H15NaO6S. The van der Waals surface area contributed by atoms with Crippen LogP contribution in [-0.2, 0) is 10.1 Å². The molecule has 8 heteroatoms. The standard InChI is InChI=1S/C8H8O3S.C3H8O3.Na/c9-12(10,11)7-6-8-4-2-1-3-5-8;4-1-3(6)2-5;/h1-7H,(H,9,10,11);3-6H,1-2H2;/q;;+1/p-1. The summed E-state index contributed by atoms with van der Waals surface area (Å²) < 4.78 is 30.5. The normalized spacial score (nSPS) is 10.8. The molecule has 102 valence electrons.